The molecule has 0 aliphatic carbocycles. The first-order valence-corrected chi connectivity index (χ1v) is 7.23. The van der Waals surface area contributed by atoms with Gasteiger partial charge in [-0.3, -0.25) is 0 Å². The Morgan fingerprint density at radius 2 is 2.33 bits per heavy atom. The van der Waals surface area contributed by atoms with Gasteiger partial charge >= 0.3 is 6.09 Å². The molecule has 0 saturated carbocycles. The maximum Gasteiger partial charge on any atom is 0.409 e. The average Bonchev–Trinajstić information content (AvgIpc) is 2.54. The van der Waals surface area contributed by atoms with Crippen LogP contribution in [0.2, 0.25) is 0 Å². The number of ether oxygens (including phenoxy) is 1. The number of nitrogens with one attached hydrogen (secondary N) is 1. The van der Waals surface area contributed by atoms with Crippen molar-refractivity contribution < 1.29 is 9.53 Å². The molecule has 0 aromatic carbocycles. The zero-order chi connectivity index (χ0) is 15.1. The number of nitriles is 1. The van der Waals surface area contributed by atoms with Crippen molar-refractivity contribution in [1.29, 1.82) is 5.26 Å². The van der Waals surface area contributed by atoms with Crippen molar-refractivity contribution in [2.24, 2.45) is 0 Å². The summed E-state index contributed by atoms with van der Waals surface area (Å²) in [7, 11) is 0. The van der Waals surface area contributed by atoms with Gasteiger partial charge in [-0.15, -0.1) is 0 Å². The molecule has 1 aromatic rings. The van der Waals surface area contributed by atoms with Crippen molar-refractivity contribution in [2.45, 2.75) is 32.4 Å². The third-order valence-corrected chi connectivity index (χ3v) is 3.60. The smallest absolute Gasteiger partial charge is 0.409 e. The van der Waals surface area contributed by atoms with E-state index in [1.165, 1.54) is 0 Å². The minimum atomic E-state index is -0.227. The molecule has 112 valence electrons. The highest BCUT2D eigenvalue weighted by atomic mass is 16.6. The first-order chi connectivity index (χ1) is 10.2. The van der Waals surface area contributed by atoms with Crippen LogP contribution >= 0.6 is 0 Å². The van der Waals surface area contributed by atoms with Crippen LogP contribution in [0.4, 0.5) is 4.79 Å². The Hall–Kier alpha value is -2.13. The van der Waals surface area contributed by atoms with E-state index >= 15 is 0 Å². The molecule has 1 N–H and O–H groups in total. The van der Waals surface area contributed by atoms with Gasteiger partial charge < -0.3 is 15.0 Å². The summed E-state index contributed by atoms with van der Waals surface area (Å²) in [5.41, 5.74) is 1.38. The zero-order valence-corrected chi connectivity index (χ0v) is 12.2. The molecule has 2 rings (SSSR count). The highest BCUT2D eigenvalue weighted by Crippen LogP contribution is 2.13. The number of hydrogen-bond donors (Lipinski definition) is 1. The summed E-state index contributed by atoms with van der Waals surface area (Å²) in [5, 5.41) is 12.4. The molecule has 0 bridgehead atoms. The SMILES string of the molecule is CCOC(=O)N1CCC(NCc2cccnc2C#N)CC1. The van der Waals surface area contributed by atoms with Crippen molar-refractivity contribution in [2.75, 3.05) is 19.7 Å². The van der Waals surface area contributed by atoms with Crippen LogP contribution in [-0.4, -0.2) is 41.7 Å². The van der Waals surface area contributed by atoms with Gasteiger partial charge in [-0.2, -0.15) is 5.26 Å². The molecule has 2 heterocycles. The quantitative estimate of drug-likeness (QED) is 0.911. The summed E-state index contributed by atoms with van der Waals surface area (Å²) in [6, 6.07) is 6.19. The largest absolute Gasteiger partial charge is 0.450 e. The van der Waals surface area contributed by atoms with E-state index in [9.17, 15) is 4.79 Å². The van der Waals surface area contributed by atoms with Gasteiger partial charge in [0, 0.05) is 37.4 Å². The topological polar surface area (TPSA) is 78.2 Å². The van der Waals surface area contributed by atoms with Crippen LogP contribution in [-0.2, 0) is 11.3 Å². The molecular formula is C15H20N4O2. The molecule has 6 nitrogen and oxygen atoms in total. The van der Waals surface area contributed by atoms with E-state index in [0.29, 0.717) is 38.0 Å². The van der Waals surface area contributed by atoms with Crippen molar-refractivity contribution in [1.82, 2.24) is 15.2 Å². The Morgan fingerprint density at radius 1 is 1.57 bits per heavy atom. The second-order valence-corrected chi connectivity index (χ2v) is 4.96. The molecule has 0 unspecified atom stereocenters. The lowest BCUT2D eigenvalue weighted by Gasteiger charge is -2.31. The molecular weight excluding hydrogens is 268 g/mol. The number of rotatable bonds is 4. The third-order valence-electron chi connectivity index (χ3n) is 3.60. The molecule has 0 radical (unpaired) electrons. The summed E-state index contributed by atoms with van der Waals surface area (Å²) >= 11 is 0. The summed E-state index contributed by atoms with van der Waals surface area (Å²) in [6.07, 6.45) is 3.18. The van der Waals surface area contributed by atoms with Crippen LogP contribution in [0, 0.1) is 11.3 Å². The van der Waals surface area contributed by atoms with E-state index < -0.39 is 0 Å². The highest BCUT2D eigenvalue weighted by Gasteiger charge is 2.23. The second-order valence-electron chi connectivity index (χ2n) is 4.96. The van der Waals surface area contributed by atoms with E-state index in [1.54, 1.807) is 11.1 Å². The van der Waals surface area contributed by atoms with E-state index in [0.717, 1.165) is 18.4 Å². The fraction of sp³-hybridized carbons (Fsp3) is 0.533. The normalized spacial score (nSPS) is 15.5. The lowest BCUT2D eigenvalue weighted by atomic mass is 10.0. The minimum absolute atomic E-state index is 0.227. The summed E-state index contributed by atoms with van der Waals surface area (Å²) < 4.78 is 5.00. The number of carbonyl (C=O) groups excluding carboxylic acids is 1. The monoisotopic (exact) mass is 288 g/mol. The first kappa shape index (κ1) is 15.3. The summed E-state index contributed by atoms with van der Waals surface area (Å²) in [5.74, 6) is 0. The van der Waals surface area contributed by atoms with Crippen LogP contribution in [0.25, 0.3) is 0 Å². The van der Waals surface area contributed by atoms with Gasteiger partial charge in [-0.25, -0.2) is 9.78 Å². The number of pyridine rings is 1. The molecule has 1 saturated heterocycles. The fourth-order valence-electron chi connectivity index (χ4n) is 2.42. The van der Waals surface area contributed by atoms with Crippen LogP contribution in [0.3, 0.4) is 0 Å². The third kappa shape index (κ3) is 4.17. The molecule has 1 aliphatic rings. The highest BCUT2D eigenvalue weighted by molar-refractivity contribution is 5.67. The first-order valence-electron chi connectivity index (χ1n) is 7.23. The molecule has 0 atom stereocenters. The van der Waals surface area contributed by atoms with Crippen LogP contribution in [0.5, 0.6) is 0 Å². The molecule has 1 aromatic heterocycles. The van der Waals surface area contributed by atoms with Crippen LogP contribution < -0.4 is 5.32 Å². The average molecular weight is 288 g/mol. The van der Waals surface area contributed by atoms with E-state index in [1.807, 2.05) is 19.1 Å². The molecule has 1 fully saturated rings. The minimum Gasteiger partial charge on any atom is -0.450 e. The van der Waals surface area contributed by atoms with E-state index in [4.69, 9.17) is 10.00 Å². The maximum atomic E-state index is 11.6. The number of piperidine rings is 1. The van der Waals surface area contributed by atoms with Gasteiger partial charge in [0.15, 0.2) is 0 Å². The van der Waals surface area contributed by atoms with Crippen molar-refractivity contribution in [3.8, 4) is 6.07 Å². The van der Waals surface area contributed by atoms with Gasteiger partial charge in [0.05, 0.1) is 6.61 Å². The summed E-state index contributed by atoms with van der Waals surface area (Å²) in [4.78, 5) is 17.4. The van der Waals surface area contributed by atoms with Crippen LogP contribution in [0.1, 0.15) is 31.0 Å². The lowest BCUT2D eigenvalue weighted by Crippen LogP contribution is -2.45. The predicted octanol–water partition coefficient (Wildman–Crippen LogP) is 1.66. The summed E-state index contributed by atoms with van der Waals surface area (Å²) in [6.45, 7) is 4.26. The second kappa shape index (κ2) is 7.60. The van der Waals surface area contributed by atoms with Crippen molar-refractivity contribution in [3.05, 3.63) is 29.6 Å². The van der Waals surface area contributed by atoms with Gasteiger partial charge in [-0.1, -0.05) is 6.07 Å². The number of amides is 1. The number of nitrogens with zero attached hydrogens (tertiary/aromatic N) is 3. The Balaban J connectivity index is 1.79. The Bertz CT molecular complexity index is 519. The number of likely N-dealkylation sites (tertiary alicyclic amines) is 1. The van der Waals surface area contributed by atoms with Crippen LogP contribution in [0.15, 0.2) is 18.3 Å². The van der Waals surface area contributed by atoms with E-state index in [-0.39, 0.29) is 6.09 Å². The van der Waals surface area contributed by atoms with E-state index in [2.05, 4.69) is 16.4 Å². The molecule has 1 amide bonds. The van der Waals surface area contributed by atoms with Gasteiger partial charge in [0.1, 0.15) is 11.8 Å². The molecule has 6 heteroatoms. The lowest BCUT2D eigenvalue weighted by molar-refractivity contribution is 0.0950. The maximum absolute atomic E-state index is 11.6. The van der Waals surface area contributed by atoms with Gasteiger partial charge in [0.2, 0.25) is 0 Å². The van der Waals surface area contributed by atoms with Gasteiger partial charge in [0.25, 0.3) is 0 Å². The molecule has 1 aliphatic heterocycles. The molecule has 0 spiro atoms. The Morgan fingerprint density at radius 3 is 3.00 bits per heavy atom. The number of hydrogen-bond acceptors (Lipinski definition) is 5. The predicted molar refractivity (Wildman–Crippen MR) is 77.4 cm³/mol. The molecule has 21 heavy (non-hydrogen) atoms. The number of carbonyl (C=O) groups is 1. The standard InChI is InChI=1S/C15H20N4O2/c1-2-21-15(20)19-8-5-13(6-9-19)18-11-12-4-3-7-17-14(12)10-16/h3-4,7,13,18H,2,5-6,8-9,11H2,1H3. The van der Waals surface area contributed by atoms with Crippen molar-refractivity contribution >= 4 is 6.09 Å². The Kier molecular flexibility index (Phi) is 5.52. The fourth-order valence-corrected chi connectivity index (χ4v) is 2.42. The van der Waals surface area contributed by atoms with Gasteiger partial charge in [-0.05, 0) is 25.8 Å². The zero-order valence-electron chi connectivity index (χ0n) is 12.2. The Labute approximate surface area is 124 Å². The number of aromatic nitrogens is 1. The van der Waals surface area contributed by atoms with Crippen molar-refractivity contribution in [3.63, 3.8) is 0 Å².